The van der Waals surface area contributed by atoms with Crippen molar-refractivity contribution < 1.29 is 14.1 Å². The summed E-state index contributed by atoms with van der Waals surface area (Å²) in [5.74, 6) is -0.289. The number of aromatic amines is 1. The van der Waals surface area contributed by atoms with E-state index in [1.165, 1.54) is 0 Å². The average Bonchev–Trinajstić information content (AvgIpc) is 2.63. The van der Waals surface area contributed by atoms with Gasteiger partial charge in [0.2, 0.25) is 0 Å². The van der Waals surface area contributed by atoms with Gasteiger partial charge in [-0.3, -0.25) is 0 Å². The van der Waals surface area contributed by atoms with E-state index in [0.29, 0.717) is 12.3 Å². The maximum absolute atomic E-state index is 11.6. The Kier molecular flexibility index (Phi) is 2.41. The van der Waals surface area contributed by atoms with Crippen molar-refractivity contribution in [3.8, 4) is 0 Å². The number of carbonyl (C=O) groups is 1. The Morgan fingerprint density at radius 3 is 3.13 bits per heavy atom. The zero-order valence-corrected chi connectivity index (χ0v) is 8.78. The summed E-state index contributed by atoms with van der Waals surface area (Å²) < 4.78 is 6.73. The Labute approximate surface area is 87.5 Å². The van der Waals surface area contributed by atoms with Crippen molar-refractivity contribution in [2.75, 3.05) is 6.61 Å². The van der Waals surface area contributed by atoms with Crippen LogP contribution in [0.25, 0.3) is 10.9 Å². The number of rotatable bonds is 2. The molecule has 78 valence electrons. The molecule has 0 aromatic carbocycles. The SMILES string of the molecule is CCOC(=O)c1cc2cc[nH]c2c[n+]1C. The number of aryl methyl sites for hydroxylation is 1. The molecule has 0 aliphatic heterocycles. The highest BCUT2D eigenvalue weighted by molar-refractivity contribution is 5.90. The summed E-state index contributed by atoms with van der Waals surface area (Å²) in [5.41, 5.74) is 1.56. The molecule has 0 atom stereocenters. The quantitative estimate of drug-likeness (QED) is 0.591. The third kappa shape index (κ3) is 1.70. The van der Waals surface area contributed by atoms with Crippen molar-refractivity contribution in [2.45, 2.75) is 6.92 Å². The van der Waals surface area contributed by atoms with Gasteiger partial charge in [0.25, 0.3) is 5.69 Å². The molecule has 0 unspecified atom stereocenters. The molecule has 2 aromatic rings. The Morgan fingerprint density at radius 2 is 2.40 bits per heavy atom. The van der Waals surface area contributed by atoms with Gasteiger partial charge in [-0.15, -0.1) is 0 Å². The number of esters is 1. The molecule has 0 bridgehead atoms. The molecule has 4 heteroatoms. The first-order valence-corrected chi connectivity index (χ1v) is 4.86. The Balaban J connectivity index is 2.50. The van der Waals surface area contributed by atoms with Gasteiger partial charge < -0.3 is 9.72 Å². The van der Waals surface area contributed by atoms with Crippen molar-refractivity contribution >= 4 is 16.9 Å². The van der Waals surface area contributed by atoms with E-state index in [1.54, 1.807) is 11.5 Å². The predicted molar refractivity (Wildman–Crippen MR) is 55.4 cm³/mol. The minimum atomic E-state index is -0.289. The summed E-state index contributed by atoms with van der Waals surface area (Å²) in [4.78, 5) is 14.7. The molecule has 15 heavy (non-hydrogen) atoms. The van der Waals surface area contributed by atoms with E-state index >= 15 is 0 Å². The number of fused-ring (bicyclic) bond motifs is 1. The maximum atomic E-state index is 11.6. The standard InChI is InChI=1S/C11H12N2O2/c1-3-15-11(14)10-6-8-4-5-12-9(8)7-13(10)2/h4-7H,3H2,1-2H3/p+1. The second-order valence-corrected chi connectivity index (χ2v) is 3.34. The molecule has 0 aliphatic carbocycles. The van der Waals surface area contributed by atoms with Gasteiger partial charge in [0.1, 0.15) is 12.6 Å². The molecule has 2 rings (SSSR count). The summed E-state index contributed by atoms with van der Waals surface area (Å²) in [6.45, 7) is 2.19. The second kappa shape index (κ2) is 3.73. The lowest BCUT2D eigenvalue weighted by molar-refractivity contribution is -0.672. The van der Waals surface area contributed by atoms with Crippen LogP contribution in [-0.2, 0) is 11.8 Å². The molecule has 0 radical (unpaired) electrons. The second-order valence-electron chi connectivity index (χ2n) is 3.34. The lowest BCUT2D eigenvalue weighted by Crippen LogP contribution is -2.36. The molecule has 0 aliphatic rings. The van der Waals surface area contributed by atoms with Crippen molar-refractivity contribution in [1.29, 1.82) is 0 Å². The topological polar surface area (TPSA) is 46.0 Å². The van der Waals surface area contributed by atoms with Gasteiger partial charge in [0.05, 0.1) is 6.61 Å². The lowest BCUT2D eigenvalue weighted by atomic mass is 10.2. The summed E-state index contributed by atoms with van der Waals surface area (Å²) in [7, 11) is 1.83. The number of aromatic nitrogens is 2. The molecule has 2 aromatic heterocycles. The average molecular weight is 205 g/mol. The fourth-order valence-corrected chi connectivity index (χ4v) is 1.55. The van der Waals surface area contributed by atoms with Crippen LogP contribution in [0.3, 0.4) is 0 Å². The van der Waals surface area contributed by atoms with Crippen LogP contribution in [0, 0.1) is 0 Å². The minimum Gasteiger partial charge on any atom is -0.458 e. The van der Waals surface area contributed by atoms with Crippen LogP contribution in [-0.4, -0.2) is 17.6 Å². The van der Waals surface area contributed by atoms with E-state index in [4.69, 9.17) is 4.74 Å². The number of nitrogens with zero attached hydrogens (tertiary/aromatic N) is 1. The number of carbonyl (C=O) groups excluding carboxylic acids is 1. The van der Waals surface area contributed by atoms with Crippen LogP contribution < -0.4 is 4.57 Å². The Morgan fingerprint density at radius 1 is 1.60 bits per heavy atom. The zero-order valence-electron chi connectivity index (χ0n) is 8.78. The summed E-state index contributed by atoms with van der Waals surface area (Å²) >= 11 is 0. The highest BCUT2D eigenvalue weighted by Crippen LogP contribution is 2.10. The summed E-state index contributed by atoms with van der Waals surface area (Å²) in [6, 6.07) is 3.75. The number of pyridine rings is 1. The lowest BCUT2D eigenvalue weighted by Gasteiger charge is -2.00. The molecule has 0 spiro atoms. The van der Waals surface area contributed by atoms with Crippen molar-refractivity contribution in [3.05, 3.63) is 30.2 Å². The number of hydrogen-bond acceptors (Lipinski definition) is 2. The van der Waals surface area contributed by atoms with Crippen LogP contribution in [0.2, 0.25) is 0 Å². The van der Waals surface area contributed by atoms with E-state index in [1.807, 2.05) is 31.6 Å². The van der Waals surface area contributed by atoms with E-state index in [0.717, 1.165) is 10.9 Å². The molecule has 1 N–H and O–H groups in total. The molecular formula is C11H13N2O2+. The molecule has 0 amide bonds. The van der Waals surface area contributed by atoms with Gasteiger partial charge in [0.15, 0.2) is 6.20 Å². The van der Waals surface area contributed by atoms with E-state index < -0.39 is 0 Å². The fourth-order valence-electron chi connectivity index (χ4n) is 1.55. The Bertz CT molecular complexity index is 502. The minimum absolute atomic E-state index is 0.289. The first-order valence-electron chi connectivity index (χ1n) is 4.86. The first-order chi connectivity index (χ1) is 7.22. The molecule has 4 nitrogen and oxygen atoms in total. The largest absolute Gasteiger partial charge is 0.458 e. The third-order valence-electron chi connectivity index (χ3n) is 2.29. The van der Waals surface area contributed by atoms with Crippen LogP contribution in [0.1, 0.15) is 17.4 Å². The van der Waals surface area contributed by atoms with Gasteiger partial charge >= 0.3 is 5.97 Å². The number of hydrogen-bond donors (Lipinski definition) is 1. The monoisotopic (exact) mass is 205 g/mol. The van der Waals surface area contributed by atoms with E-state index in [2.05, 4.69) is 4.98 Å². The van der Waals surface area contributed by atoms with Gasteiger partial charge in [0, 0.05) is 17.6 Å². The third-order valence-corrected chi connectivity index (χ3v) is 2.29. The van der Waals surface area contributed by atoms with Gasteiger partial charge in [-0.25, -0.2) is 4.79 Å². The summed E-state index contributed by atoms with van der Waals surface area (Å²) in [6.07, 6.45) is 3.72. The molecular weight excluding hydrogens is 192 g/mol. The summed E-state index contributed by atoms with van der Waals surface area (Å²) in [5, 5.41) is 1.01. The molecule has 0 saturated heterocycles. The number of nitrogens with one attached hydrogen (secondary N) is 1. The molecule has 0 saturated carbocycles. The molecule has 2 heterocycles. The van der Waals surface area contributed by atoms with Crippen molar-refractivity contribution in [2.24, 2.45) is 7.05 Å². The zero-order chi connectivity index (χ0) is 10.8. The number of ether oxygens (including phenoxy) is 1. The van der Waals surface area contributed by atoms with Crippen LogP contribution in [0.15, 0.2) is 24.5 Å². The predicted octanol–water partition coefficient (Wildman–Crippen LogP) is 1.17. The van der Waals surface area contributed by atoms with Crippen molar-refractivity contribution in [3.63, 3.8) is 0 Å². The first kappa shape index (κ1) is 9.71. The number of H-pyrrole nitrogens is 1. The van der Waals surface area contributed by atoms with Crippen molar-refractivity contribution in [1.82, 2.24) is 4.98 Å². The maximum Gasteiger partial charge on any atom is 0.403 e. The fraction of sp³-hybridized carbons (Fsp3) is 0.273. The van der Waals surface area contributed by atoms with E-state index in [-0.39, 0.29) is 5.97 Å². The molecule has 0 fully saturated rings. The highest BCUT2D eigenvalue weighted by atomic mass is 16.5. The van der Waals surface area contributed by atoms with Gasteiger partial charge in [-0.1, -0.05) is 0 Å². The van der Waals surface area contributed by atoms with Crippen LogP contribution >= 0.6 is 0 Å². The van der Waals surface area contributed by atoms with E-state index in [9.17, 15) is 4.79 Å². The van der Waals surface area contributed by atoms with Gasteiger partial charge in [-0.2, -0.15) is 4.57 Å². The van der Waals surface area contributed by atoms with Crippen LogP contribution in [0.4, 0.5) is 0 Å². The highest BCUT2D eigenvalue weighted by Gasteiger charge is 2.19. The smallest absolute Gasteiger partial charge is 0.403 e. The normalized spacial score (nSPS) is 10.5. The van der Waals surface area contributed by atoms with Gasteiger partial charge in [-0.05, 0) is 13.0 Å². The van der Waals surface area contributed by atoms with Crippen LogP contribution in [0.5, 0.6) is 0 Å². The Hall–Kier alpha value is -1.84.